The fourth-order valence-electron chi connectivity index (χ4n) is 4.43. The van der Waals surface area contributed by atoms with Crippen LogP contribution in [-0.2, 0) is 23.7 Å². The Balaban J connectivity index is 2.07. The zero-order valence-electron chi connectivity index (χ0n) is 23.1. The van der Waals surface area contributed by atoms with Crippen LogP contribution in [0, 0.1) is 0 Å². The molecule has 12 atom stereocenters. The van der Waals surface area contributed by atoms with Crippen molar-refractivity contribution in [2.75, 3.05) is 19.8 Å². The minimum absolute atomic E-state index is 0.254. The summed E-state index contributed by atoms with van der Waals surface area (Å²) in [6.45, 7) is 2.26. The lowest BCUT2D eigenvalue weighted by molar-refractivity contribution is -0.359. The summed E-state index contributed by atoms with van der Waals surface area (Å²) in [5, 5.41) is 84.3. The van der Waals surface area contributed by atoms with E-state index in [0.717, 1.165) is 25.7 Å². The van der Waals surface area contributed by atoms with Gasteiger partial charge in [0.1, 0.15) is 48.8 Å². The predicted molar refractivity (Wildman–Crippen MR) is 138 cm³/mol. The molecule has 0 aromatic carbocycles. The van der Waals surface area contributed by atoms with Gasteiger partial charge in [-0.3, -0.25) is 4.79 Å². The molecule has 2 fully saturated rings. The second-order valence-electron chi connectivity index (χ2n) is 10.2. The van der Waals surface area contributed by atoms with E-state index in [0.29, 0.717) is 6.42 Å². The van der Waals surface area contributed by atoms with Crippen LogP contribution in [0.5, 0.6) is 0 Å². The smallest absolute Gasteiger partial charge is 0.220 e. The third-order valence-electron chi connectivity index (χ3n) is 6.97. The van der Waals surface area contributed by atoms with E-state index in [-0.39, 0.29) is 18.9 Å². The lowest BCUT2D eigenvalue weighted by Crippen LogP contribution is -2.65. The third kappa shape index (κ3) is 9.64. The maximum atomic E-state index is 12.4. The van der Waals surface area contributed by atoms with Gasteiger partial charge in [-0.15, -0.1) is 0 Å². The normalized spacial score (nSPS) is 36.5. The van der Waals surface area contributed by atoms with Crippen LogP contribution >= 0.6 is 0 Å². The number of ether oxygens (including phenoxy) is 4. The topological polar surface area (TPSA) is 228 Å². The molecular weight excluding hydrogens is 534 g/mol. The van der Waals surface area contributed by atoms with Gasteiger partial charge in [0, 0.05) is 6.42 Å². The number of hydrogen-bond acceptors (Lipinski definition) is 13. The molecule has 0 aromatic rings. The zero-order valence-corrected chi connectivity index (χ0v) is 23.1. The first-order valence-corrected chi connectivity index (χ1v) is 13.9. The minimum Gasteiger partial charge on any atom is -0.394 e. The summed E-state index contributed by atoms with van der Waals surface area (Å²) in [6.07, 6.45) is -9.16. The van der Waals surface area contributed by atoms with Gasteiger partial charge in [0.25, 0.3) is 0 Å². The molecule has 12 unspecified atom stereocenters. The summed E-state index contributed by atoms with van der Waals surface area (Å²) in [4.78, 5) is 12.4. The molecular formula is C26H47NO13. The van der Waals surface area contributed by atoms with Gasteiger partial charge in [-0.25, -0.2) is 0 Å². The Morgan fingerprint density at radius 3 is 2.12 bits per heavy atom. The first kappa shape index (κ1) is 34.9. The molecule has 0 aromatic heterocycles. The molecule has 2 heterocycles. The molecule has 0 spiro atoms. The molecule has 234 valence electrons. The van der Waals surface area contributed by atoms with Crippen molar-refractivity contribution >= 4 is 5.91 Å². The van der Waals surface area contributed by atoms with E-state index >= 15 is 0 Å². The molecule has 2 aliphatic heterocycles. The Morgan fingerprint density at radius 2 is 1.50 bits per heavy atom. The maximum Gasteiger partial charge on any atom is 0.220 e. The SMILES string of the molecule is CCCC/C=C/C(O)C(COC1OC(CO)C(OC2OC(CO)C(O)C(O)C2O)C(O)C1O)NC(=O)CCCC. The molecule has 2 aliphatic rings. The minimum atomic E-state index is -1.78. The standard InChI is InChI=1S/C26H47NO13/c1-3-5-7-8-9-15(30)14(27-18(31)10-6-4-2)13-37-25-23(36)21(34)24(17(12-29)39-25)40-26-22(35)20(33)19(32)16(11-28)38-26/h8-9,14-17,19-26,28-30,32-36H,3-7,10-13H2,1-2H3,(H,27,31)/b9-8+. The summed E-state index contributed by atoms with van der Waals surface area (Å²) >= 11 is 0. The van der Waals surface area contributed by atoms with E-state index < -0.39 is 86.8 Å². The van der Waals surface area contributed by atoms with E-state index in [4.69, 9.17) is 18.9 Å². The molecule has 1 amide bonds. The van der Waals surface area contributed by atoms with Crippen molar-refractivity contribution in [3.05, 3.63) is 12.2 Å². The van der Waals surface area contributed by atoms with Gasteiger partial charge in [-0.1, -0.05) is 45.3 Å². The number of amides is 1. The monoisotopic (exact) mass is 581 g/mol. The highest BCUT2D eigenvalue weighted by atomic mass is 16.7. The number of aliphatic hydroxyl groups excluding tert-OH is 8. The Bertz CT molecular complexity index is 754. The Labute approximate surface area is 234 Å². The van der Waals surface area contributed by atoms with Crippen LogP contribution in [-0.4, -0.2) is 140 Å². The average molecular weight is 582 g/mol. The lowest BCUT2D eigenvalue weighted by Gasteiger charge is -2.46. The Kier molecular flexibility index (Phi) is 15.4. The molecule has 0 aliphatic carbocycles. The fraction of sp³-hybridized carbons (Fsp3) is 0.885. The molecule has 14 nitrogen and oxygen atoms in total. The van der Waals surface area contributed by atoms with Gasteiger partial charge in [-0.05, 0) is 12.8 Å². The largest absolute Gasteiger partial charge is 0.394 e. The lowest BCUT2D eigenvalue weighted by atomic mass is 9.97. The second kappa shape index (κ2) is 17.6. The van der Waals surface area contributed by atoms with Crippen LogP contribution in [0.1, 0.15) is 52.4 Å². The molecule has 40 heavy (non-hydrogen) atoms. The van der Waals surface area contributed by atoms with Gasteiger partial charge in [0.15, 0.2) is 12.6 Å². The summed E-state index contributed by atoms with van der Waals surface area (Å²) in [5.41, 5.74) is 0. The fourth-order valence-corrected chi connectivity index (χ4v) is 4.43. The quantitative estimate of drug-likeness (QED) is 0.0674. The van der Waals surface area contributed by atoms with E-state index in [1.165, 1.54) is 0 Å². The van der Waals surface area contributed by atoms with Crippen molar-refractivity contribution in [1.29, 1.82) is 0 Å². The highest BCUT2D eigenvalue weighted by molar-refractivity contribution is 5.76. The number of hydrogen-bond donors (Lipinski definition) is 9. The van der Waals surface area contributed by atoms with Gasteiger partial charge < -0.3 is 65.1 Å². The number of carbonyl (C=O) groups is 1. The van der Waals surface area contributed by atoms with E-state index in [1.54, 1.807) is 12.2 Å². The van der Waals surface area contributed by atoms with Gasteiger partial charge >= 0.3 is 0 Å². The van der Waals surface area contributed by atoms with Gasteiger partial charge in [0.05, 0.1) is 32.0 Å². The number of unbranched alkanes of at least 4 members (excludes halogenated alkanes) is 3. The van der Waals surface area contributed by atoms with Crippen molar-refractivity contribution in [3.8, 4) is 0 Å². The van der Waals surface area contributed by atoms with Crippen molar-refractivity contribution in [2.45, 2.75) is 126 Å². The maximum absolute atomic E-state index is 12.4. The van der Waals surface area contributed by atoms with Crippen LogP contribution in [0.25, 0.3) is 0 Å². The second-order valence-corrected chi connectivity index (χ2v) is 10.2. The first-order chi connectivity index (χ1) is 19.1. The van der Waals surface area contributed by atoms with Crippen molar-refractivity contribution < 1.29 is 64.6 Å². The highest BCUT2D eigenvalue weighted by Crippen LogP contribution is 2.29. The number of rotatable bonds is 16. The summed E-state index contributed by atoms with van der Waals surface area (Å²) in [6, 6.07) is -0.897. The molecule has 14 heteroatoms. The van der Waals surface area contributed by atoms with Crippen LogP contribution in [0.4, 0.5) is 0 Å². The summed E-state index contributed by atoms with van der Waals surface area (Å²) in [5.74, 6) is -0.289. The number of aliphatic hydroxyl groups is 8. The molecule has 9 N–H and O–H groups in total. The van der Waals surface area contributed by atoms with Crippen LogP contribution in [0.3, 0.4) is 0 Å². The molecule has 0 saturated carbocycles. The van der Waals surface area contributed by atoms with Crippen LogP contribution < -0.4 is 5.32 Å². The van der Waals surface area contributed by atoms with E-state index in [2.05, 4.69) is 5.32 Å². The molecule has 2 saturated heterocycles. The van der Waals surface area contributed by atoms with Crippen LogP contribution in [0.2, 0.25) is 0 Å². The first-order valence-electron chi connectivity index (χ1n) is 13.9. The molecule has 0 bridgehead atoms. The number of carbonyl (C=O) groups excluding carboxylic acids is 1. The summed E-state index contributed by atoms with van der Waals surface area (Å²) < 4.78 is 22.1. The Hall–Kier alpha value is -1.27. The van der Waals surface area contributed by atoms with Gasteiger partial charge in [0.2, 0.25) is 5.91 Å². The van der Waals surface area contributed by atoms with Crippen molar-refractivity contribution in [3.63, 3.8) is 0 Å². The van der Waals surface area contributed by atoms with Crippen molar-refractivity contribution in [1.82, 2.24) is 5.32 Å². The molecule has 2 rings (SSSR count). The van der Waals surface area contributed by atoms with Gasteiger partial charge in [-0.2, -0.15) is 0 Å². The van der Waals surface area contributed by atoms with Crippen LogP contribution in [0.15, 0.2) is 12.2 Å². The number of nitrogens with one attached hydrogen (secondary N) is 1. The Morgan fingerprint density at radius 1 is 0.875 bits per heavy atom. The highest BCUT2D eigenvalue weighted by Gasteiger charge is 2.50. The molecule has 0 radical (unpaired) electrons. The van der Waals surface area contributed by atoms with Crippen molar-refractivity contribution in [2.24, 2.45) is 0 Å². The predicted octanol–water partition coefficient (Wildman–Crippen LogP) is -2.59. The number of allylic oxidation sites excluding steroid dienone is 1. The third-order valence-corrected chi connectivity index (χ3v) is 6.97. The van der Waals surface area contributed by atoms with E-state index in [1.807, 2.05) is 13.8 Å². The summed E-state index contributed by atoms with van der Waals surface area (Å²) in [7, 11) is 0. The van der Waals surface area contributed by atoms with E-state index in [9.17, 15) is 45.6 Å². The zero-order chi connectivity index (χ0) is 29.8. The average Bonchev–Trinajstić information content (AvgIpc) is 2.95.